The highest BCUT2D eigenvalue weighted by Gasteiger charge is 2.20. The third-order valence-electron chi connectivity index (χ3n) is 2.14. The van der Waals surface area contributed by atoms with Gasteiger partial charge in [-0.3, -0.25) is 9.69 Å². The van der Waals surface area contributed by atoms with E-state index in [1.54, 1.807) is 4.90 Å². The molecule has 1 amide bonds. The highest BCUT2D eigenvalue weighted by atomic mass is 16.2. The first-order valence-corrected chi connectivity index (χ1v) is 4.32. The molecule has 0 spiro atoms. The van der Waals surface area contributed by atoms with E-state index in [1.165, 1.54) is 0 Å². The fourth-order valence-electron chi connectivity index (χ4n) is 1.40. The molecule has 0 N–H and O–H groups in total. The van der Waals surface area contributed by atoms with Gasteiger partial charge in [0.2, 0.25) is 5.91 Å². The van der Waals surface area contributed by atoms with Crippen LogP contribution in [0.5, 0.6) is 0 Å². The van der Waals surface area contributed by atoms with Crippen LogP contribution in [0, 0.1) is 0 Å². The van der Waals surface area contributed by atoms with Crippen molar-refractivity contribution in [1.82, 2.24) is 9.80 Å². The third-order valence-corrected chi connectivity index (χ3v) is 2.14. The van der Waals surface area contributed by atoms with Gasteiger partial charge in [-0.25, -0.2) is 0 Å². The number of carbonyl (C=O) groups excluding carboxylic acids is 1. The molecule has 0 aromatic carbocycles. The van der Waals surface area contributed by atoms with Crippen LogP contribution in [-0.4, -0.2) is 42.4 Å². The lowest BCUT2D eigenvalue weighted by molar-refractivity contribution is -0.130. The molecule has 1 fully saturated rings. The second-order valence-corrected chi connectivity index (χ2v) is 3.20. The van der Waals surface area contributed by atoms with Crippen molar-refractivity contribution in [2.24, 2.45) is 0 Å². The van der Waals surface area contributed by atoms with E-state index in [4.69, 9.17) is 0 Å². The number of nitrogens with zero attached hydrogens (tertiary/aromatic N) is 2. The number of piperazine rings is 1. The summed E-state index contributed by atoms with van der Waals surface area (Å²) in [6.07, 6.45) is 0.572. The maximum atomic E-state index is 11.3. The predicted molar refractivity (Wildman–Crippen MR) is 48.6 cm³/mol. The zero-order valence-electron chi connectivity index (χ0n) is 7.84. The Morgan fingerprint density at radius 1 is 1.58 bits per heavy atom. The molecule has 1 rings (SSSR count). The highest BCUT2D eigenvalue weighted by Crippen LogP contribution is 2.10. The number of amides is 1. The smallest absolute Gasteiger partial charge is 0.226 e. The van der Waals surface area contributed by atoms with Gasteiger partial charge in [0.25, 0.3) is 0 Å². The molecule has 0 unspecified atom stereocenters. The van der Waals surface area contributed by atoms with Crippen molar-refractivity contribution in [2.45, 2.75) is 13.3 Å². The number of carbonyl (C=O) groups is 1. The van der Waals surface area contributed by atoms with Gasteiger partial charge < -0.3 is 4.90 Å². The summed E-state index contributed by atoms with van der Waals surface area (Å²) in [6.45, 7) is 8.32. The summed E-state index contributed by atoms with van der Waals surface area (Å²) >= 11 is 0. The molecule has 68 valence electrons. The van der Waals surface area contributed by atoms with Gasteiger partial charge in [-0.2, -0.15) is 0 Å². The average molecular weight is 168 g/mol. The largest absolute Gasteiger partial charge is 0.314 e. The molecule has 0 aliphatic carbocycles. The molecule has 1 aliphatic rings. The second kappa shape index (κ2) is 3.72. The van der Waals surface area contributed by atoms with Gasteiger partial charge in [-0.15, -0.1) is 0 Å². The van der Waals surface area contributed by atoms with Crippen LogP contribution in [0.4, 0.5) is 0 Å². The third kappa shape index (κ3) is 1.85. The lowest BCUT2D eigenvalue weighted by Gasteiger charge is -2.34. The van der Waals surface area contributed by atoms with E-state index in [0.29, 0.717) is 6.42 Å². The number of hydrogen-bond donors (Lipinski definition) is 0. The lowest BCUT2D eigenvalue weighted by Crippen LogP contribution is -2.44. The Labute approximate surface area is 73.6 Å². The molecule has 1 aliphatic heterocycles. The van der Waals surface area contributed by atoms with Crippen molar-refractivity contribution in [3.63, 3.8) is 0 Å². The van der Waals surface area contributed by atoms with Crippen LogP contribution in [0.3, 0.4) is 0 Å². The zero-order valence-corrected chi connectivity index (χ0v) is 7.84. The Morgan fingerprint density at radius 2 is 2.25 bits per heavy atom. The zero-order chi connectivity index (χ0) is 9.14. The van der Waals surface area contributed by atoms with Crippen LogP contribution in [0.15, 0.2) is 12.3 Å². The summed E-state index contributed by atoms with van der Waals surface area (Å²) in [6, 6.07) is 0. The molecule has 3 nitrogen and oxygen atoms in total. The standard InChI is InChI=1S/C9H16N2O/c1-4-9(12)11-6-5-10(3)7-8(11)2/h2,4-7H2,1,3H3. The summed E-state index contributed by atoms with van der Waals surface area (Å²) in [7, 11) is 2.04. The number of rotatable bonds is 1. The van der Waals surface area contributed by atoms with E-state index >= 15 is 0 Å². The number of hydrogen-bond acceptors (Lipinski definition) is 2. The van der Waals surface area contributed by atoms with E-state index in [-0.39, 0.29) is 5.91 Å². The van der Waals surface area contributed by atoms with Gasteiger partial charge in [0.15, 0.2) is 0 Å². The molecule has 3 heteroatoms. The number of likely N-dealkylation sites (N-methyl/N-ethyl adjacent to an activating group) is 1. The van der Waals surface area contributed by atoms with E-state index in [2.05, 4.69) is 11.5 Å². The summed E-state index contributed by atoms with van der Waals surface area (Å²) in [5.41, 5.74) is 0.926. The van der Waals surface area contributed by atoms with E-state index in [0.717, 1.165) is 25.3 Å². The lowest BCUT2D eigenvalue weighted by atomic mass is 10.2. The maximum absolute atomic E-state index is 11.3. The molecule has 1 heterocycles. The van der Waals surface area contributed by atoms with Crippen molar-refractivity contribution < 1.29 is 4.79 Å². The molecule has 0 aromatic rings. The SMILES string of the molecule is C=C1CN(C)CCN1C(=O)CC. The molecule has 0 atom stereocenters. The van der Waals surface area contributed by atoms with Crippen LogP contribution >= 0.6 is 0 Å². The molecular weight excluding hydrogens is 152 g/mol. The van der Waals surface area contributed by atoms with Crippen LogP contribution in [0.1, 0.15) is 13.3 Å². The van der Waals surface area contributed by atoms with Gasteiger partial charge in [0.05, 0.1) is 0 Å². The Bertz CT molecular complexity index is 201. The quantitative estimate of drug-likeness (QED) is 0.575. The summed E-state index contributed by atoms with van der Waals surface area (Å²) < 4.78 is 0. The molecule has 0 aromatic heterocycles. The first kappa shape index (κ1) is 9.26. The van der Waals surface area contributed by atoms with Gasteiger partial charge in [-0.1, -0.05) is 13.5 Å². The van der Waals surface area contributed by atoms with Crippen molar-refractivity contribution in [1.29, 1.82) is 0 Å². The topological polar surface area (TPSA) is 23.6 Å². The molecule has 0 radical (unpaired) electrons. The van der Waals surface area contributed by atoms with Crippen molar-refractivity contribution in [3.8, 4) is 0 Å². The Balaban J connectivity index is 2.56. The second-order valence-electron chi connectivity index (χ2n) is 3.20. The maximum Gasteiger partial charge on any atom is 0.226 e. The molecular formula is C9H16N2O. The van der Waals surface area contributed by atoms with Crippen molar-refractivity contribution in [2.75, 3.05) is 26.7 Å². The van der Waals surface area contributed by atoms with Gasteiger partial charge in [-0.05, 0) is 7.05 Å². The normalized spacial score (nSPS) is 19.8. The highest BCUT2D eigenvalue weighted by molar-refractivity contribution is 5.77. The minimum absolute atomic E-state index is 0.188. The Kier molecular flexibility index (Phi) is 2.87. The van der Waals surface area contributed by atoms with Crippen LogP contribution in [0.2, 0.25) is 0 Å². The fourth-order valence-corrected chi connectivity index (χ4v) is 1.40. The first-order valence-electron chi connectivity index (χ1n) is 4.32. The van der Waals surface area contributed by atoms with Gasteiger partial charge in [0.1, 0.15) is 0 Å². The minimum Gasteiger partial charge on any atom is -0.314 e. The van der Waals surface area contributed by atoms with Gasteiger partial charge >= 0.3 is 0 Å². The van der Waals surface area contributed by atoms with Crippen LogP contribution in [-0.2, 0) is 4.79 Å². The summed E-state index contributed by atoms with van der Waals surface area (Å²) in [4.78, 5) is 15.3. The van der Waals surface area contributed by atoms with E-state index in [9.17, 15) is 4.79 Å². The fraction of sp³-hybridized carbons (Fsp3) is 0.667. The molecule has 0 bridgehead atoms. The Morgan fingerprint density at radius 3 is 2.75 bits per heavy atom. The van der Waals surface area contributed by atoms with Crippen LogP contribution in [0.25, 0.3) is 0 Å². The Hall–Kier alpha value is -0.830. The van der Waals surface area contributed by atoms with Crippen molar-refractivity contribution >= 4 is 5.91 Å². The van der Waals surface area contributed by atoms with E-state index < -0.39 is 0 Å². The van der Waals surface area contributed by atoms with E-state index in [1.807, 2.05) is 14.0 Å². The first-order chi connectivity index (χ1) is 5.65. The average Bonchev–Trinajstić information content (AvgIpc) is 2.03. The molecule has 0 saturated carbocycles. The molecule has 12 heavy (non-hydrogen) atoms. The molecule has 1 saturated heterocycles. The predicted octanol–water partition coefficient (Wildman–Crippen LogP) is 0.684. The van der Waals surface area contributed by atoms with Crippen LogP contribution < -0.4 is 0 Å². The van der Waals surface area contributed by atoms with Gasteiger partial charge in [0, 0.05) is 31.8 Å². The van der Waals surface area contributed by atoms with Crippen molar-refractivity contribution in [3.05, 3.63) is 12.3 Å². The monoisotopic (exact) mass is 168 g/mol. The summed E-state index contributed by atoms with van der Waals surface area (Å²) in [5, 5.41) is 0. The minimum atomic E-state index is 0.188. The summed E-state index contributed by atoms with van der Waals surface area (Å²) in [5.74, 6) is 0.188.